The van der Waals surface area contributed by atoms with E-state index in [1.54, 1.807) is 0 Å². The van der Waals surface area contributed by atoms with Crippen LogP contribution in [0.15, 0.2) is 24.3 Å². The average molecular weight is 351 g/mol. The number of anilines is 1. The van der Waals surface area contributed by atoms with Crippen LogP contribution in [0.2, 0.25) is 5.02 Å². The van der Waals surface area contributed by atoms with Crippen LogP contribution in [0.4, 0.5) is 5.69 Å². The molecular weight excluding hydrogens is 328 g/mol. The summed E-state index contributed by atoms with van der Waals surface area (Å²) in [6.45, 7) is 4.33. The van der Waals surface area contributed by atoms with Gasteiger partial charge in [0.05, 0.1) is 12.5 Å². The second kappa shape index (κ2) is 7.40. The van der Waals surface area contributed by atoms with Gasteiger partial charge in [-0.2, -0.15) is 0 Å². The number of nitrogens with zero attached hydrogens (tertiary/aromatic N) is 3. The molecule has 2 fully saturated rings. The molecule has 130 valence electrons. The number of hydrogen-bond donors (Lipinski definition) is 1. The van der Waals surface area contributed by atoms with E-state index < -0.39 is 0 Å². The molecule has 0 spiro atoms. The van der Waals surface area contributed by atoms with Gasteiger partial charge in [-0.25, -0.2) is 0 Å². The monoisotopic (exact) mass is 350 g/mol. The molecule has 0 unspecified atom stereocenters. The van der Waals surface area contributed by atoms with E-state index in [9.17, 15) is 9.59 Å². The minimum Gasteiger partial charge on any atom is -0.368 e. The third-order valence-electron chi connectivity index (χ3n) is 4.77. The zero-order valence-electron chi connectivity index (χ0n) is 13.9. The summed E-state index contributed by atoms with van der Waals surface area (Å²) in [5.41, 5.74) is 1.08. The van der Waals surface area contributed by atoms with Crippen molar-refractivity contribution in [2.24, 2.45) is 0 Å². The molecule has 2 heterocycles. The third-order valence-corrected chi connectivity index (χ3v) is 5.01. The average Bonchev–Trinajstić information content (AvgIpc) is 2.58. The van der Waals surface area contributed by atoms with Crippen molar-refractivity contribution in [1.82, 2.24) is 15.1 Å². The highest BCUT2D eigenvalue weighted by molar-refractivity contribution is 6.30. The molecule has 6 nitrogen and oxygen atoms in total. The first-order valence-electron chi connectivity index (χ1n) is 8.31. The van der Waals surface area contributed by atoms with Crippen molar-refractivity contribution in [3.8, 4) is 0 Å². The van der Waals surface area contributed by atoms with Crippen molar-refractivity contribution >= 4 is 29.1 Å². The summed E-state index contributed by atoms with van der Waals surface area (Å²) < 4.78 is 0. The maximum Gasteiger partial charge on any atom is 0.237 e. The maximum absolute atomic E-state index is 12.5. The number of piperazine rings is 2. The summed E-state index contributed by atoms with van der Waals surface area (Å²) >= 11 is 6.05. The van der Waals surface area contributed by atoms with E-state index in [0.29, 0.717) is 19.6 Å². The lowest BCUT2D eigenvalue weighted by Gasteiger charge is -2.38. The number of likely N-dealkylation sites (N-methyl/N-ethyl adjacent to an activating group) is 1. The Hall–Kier alpha value is -1.79. The second-order valence-corrected chi connectivity index (χ2v) is 6.78. The van der Waals surface area contributed by atoms with Crippen LogP contribution in [0, 0.1) is 0 Å². The van der Waals surface area contributed by atoms with Crippen LogP contribution in [0.5, 0.6) is 0 Å². The molecule has 1 N–H and O–H groups in total. The molecule has 7 heteroatoms. The normalized spacial score (nSPS) is 22.4. The molecule has 1 aromatic rings. The Labute approximate surface area is 147 Å². The summed E-state index contributed by atoms with van der Waals surface area (Å²) in [4.78, 5) is 30.5. The molecule has 0 bridgehead atoms. The van der Waals surface area contributed by atoms with Crippen LogP contribution in [-0.4, -0.2) is 74.0 Å². The summed E-state index contributed by atoms with van der Waals surface area (Å²) in [5.74, 6) is 0.00399. The number of rotatable bonds is 3. The van der Waals surface area contributed by atoms with Gasteiger partial charge in [-0.05, 0) is 25.2 Å². The Bertz CT molecular complexity index is 616. The second-order valence-electron chi connectivity index (χ2n) is 6.34. The van der Waals surface area contributed by atoms with Gasteiger partial charge in [0.25, 0.3) is 0 Å². The number of benzene rings is 1. The van der Waals surface area contributed by atoms with Crippen LogP contribution >= 0.6 is 11.6 Å². The molecule has 2 amide bonds. The molecule has 0 aliphatic carbocycles. The fourth-order valence-corrected chi connectivity index (χ4v) is 3.44. The summed E-state index contributed by atoms with van der Waals surface area (Å²) in [6.07, 6.45) is 0.250. The van der Waals surface area contributed by atoms with Crippen molar-refractivity contribution in [1.29, 1.82) is 0 Å². The zero-order valence-corrected chi connectivity index (χ0v) is 14.6. The van der Waals surface area contributed by atoms with Crippen LogP contribution < -0.4 is 10.2 Å². The molecule has 1 atom stereocenters. The standard InChI is InChI=1S/C17H23ClN4O2/c1-20-6-5-19-17(24)15(20)12-16(23)22-9-7-21(8-10-22)14-4-2-3-13(18)11-14/h2-4,11,15H,5-10,12H2,1H3,(H,19,24)/t15-/m0/s1. The topological polar surface area (TPSA) is 55.9 Å². The van der Waals surface area contributed by atoms with E-state index in [0.717, 1.165) is 30.3 Å². The molecule has 0 saturated carbocycles. The molecule has 2 aliphatic rings. The maximum atomic E-state index is 12.5. The Morgan fingerprint density at radius 3 is 2.67 bits per heavy atom. The highest BCUT2D eigenvalue weighted by Crippen LogP contribution is 2.21. The lowest BCUT2D eigenvalue weighted by molar-refractivity contribution is -0.138. The van der Waals surface area contributed by atoms with Crippen LogP contribution in [0.25, 0.3) is 0 Å². The predicted molar refractivity (Wildman–Crippen MR) is 94.3 cm³/mol. The Morgan fingerprint density at radius 2 is 2.00 bits per heavy atom. The summed E-state index contributed by atoms with van der Waals surface area (Å²) in [5, 5.41) is 3.55. The van der Waals surface area contributed by atoms with Crippen LogP contribution in [0.1, 0.15) is 6.42 Å². The van der Waals surface area contributed by atoms with Gasteiger partial charge in [0.2, 0.25) is 11.8 Å². The number of hydrogen-bond acceptors (Lipinski definition) is 4. The van der Waals surface area contributed by atoms with E-state index in [2.05, 4.69) is 10.2 Å². The smallest absolute Gasteiger partial charge is 0.237 e. The summed E-state index contributed by atoms with van der Waals surface area (Å²) in [6, 6.07) is 7.42. The number of halogens is 1. The minimum atomic E-state index is -0.350. The lowest BCUT2D eigenvalue weighted by atomic mass is 10.1. The zero-order chi connectivity index (χ0) is 17.1. The number of carbonyl (C=O) groups is 2. The molecular formula is C17H23ClN4O2. The van der Waals surface area contributed by atoms with Gasteiger partial charge in [-0.15, -0.1) is 0 Å². The van der Waals surface area contributed by atoms with E-state index in [-0.39, 0.29) is 24.3 Å². The van der Waals surface area contributed by atoms with Crippen LogP contribution in [-0.2, 0) is 9.59 Å². The number of nitrogens with one attached hydrogen (secondary N) is 1. The Balaban J connectivity index is 1.54. The number of carbonyl (C=O) groups excluding carboxylic acids is 2. The fraction of sp³-hybridized carbons (Fsp3) is 0.529. The van der Waals surface area contributed by atoms with Gasteiger partial charge < -0.3 is 15.1 Å². The highest BCUT2D eigenvalue weighted by atomic mass is 35.5. The predicted octanol–water partition coefficient (Wildman–Crippen LogP) is 0.809. The van der Waals surface area contributed by atoms with Crippen molar-refractivity contribution in [3.05, 3.63) is 29.3 Å². The molecule has 24 heavy (non-hydrogen) atoms. The van der Waals surface area contributed by atoms with E-state index >= 15 is 0 Å². The van der Waals surface area contributed by atoms with Gasteiger partial charge >= 0.3 is 0 Å². The first kappa shape index (κ1) is 17.0. The van der Waals surface area contributed by atoms with Crippen molar-refractivity contribution in [3.63, 3.8) is 0 Å². The third kappa shape index (κ3) is 3.82. The van der Waals surface area contributed by atoms with Gasteiger partial charge in [-0.1, -0.05) is 17.7 Å². The summed E-state index contributed by atoms with van der Waals surface area (Å²) in [7, 11) is 1.90. The van der Waals surface area contributed by atoms with E-state index in [4.69, 9.17) is 11.6 Å². The van der Waals surface area contributed by atoms with Crippen molar-refractivity contribution < 1.29 is 9.59 Å². The molecule has 0 aromatic heterocycles. The Kier molecular flexibility index (Phi) is 5.26. The molecule has 0 radical (unpaired) electrons. The molecule has 1 aromatic carbocycles. The van der Waals surface area contributed by atoms with Crippen molar-refractivity contribution in [2.45, 2.75) is 12.5 Å². The lowest BCUT2D eigenvalue weighted by Crippen LogP contribution is -2.56. The SMILES string of the molecule is CN1CCNC(=O)[C@@H]1CC(=O)N1CCN(c2cccc(Cl)c2)CC1. The first-order chi connectivity index (χ1) is 11.5. The van der Waals surface area contributed by atoms with Gasteiger partial charge in [0.1, 0.15) is 0 Å². The quantitative estimate of drug-likeness (QED) is 0.876. The van der Waals surface area contributed by atoms with Crippen molar-refractivity contribution in [2.75, 3.05) is 51.2 Å². The van der Waals surface area contributed by atoms with Gasteiger partial charge in [0, 0.05) is 50.0 Å². The van der Waals surface area contributed by atoms with E-state index in [1.165, 1.54) is 0 Å². The first-order valence-corrected chi connectivity index (χ1v) is 8.68. The number of amides is 2. The van der Waals surface area contributed by atoms with Crippen LogP contribution in [0.3, 0.4) is 0 Å². The molecule has 2 saturated heterocycles. The highest BCUT2D eigenvalue weighted by Gasteiger charge is 2.31. The largest absolute Gasteiger partial charge is 0.368 e. The van der Waals surface area contributed by atoms with Gasteiger partial charge in [-0.3, -0.25) is 14.5 Å². The van der Waals surface area contributed by atoms with E-state index in [1.807, 2.05) is 41.1 Å². The fourth-order valence-electron chi connectivity index (χ4n) is 3.26. The van der Waals surface area contributed by atoms with Gasteiger partial charge in [0.15, 0.2) is 0 Å². The Morgan fingerprint density at radius 1 is 1.25 bits per heavy atom. The minimum absolute atomic E-state index is 0.0466. The molecule has 2 aliphatic heterocycles. The molecule has 3 rings (SSSR count).